The third-order valence-corrected chi connectivity index (χ3v) is 4.83. The number of hydrogen-bond acceptors (Lipinski definition) is 6. The minimum absolute atomic E-state index is 0.502. The van der Waals surface area contributed by atoms with E-state index in [1.54, 1.807) is 11.0 Å². The molecule has 3 aromatic rings. The molecule has 4 heterocycles. The second-order valence-corrected chi connectivity index (χ2v) is 6.22. The summed E-state index contributed by atoms with van der Waals surface area (Å²) in [5, 5.41) is 5.33. The number of nitrogens with zero attached hydrogens (tertiary/aromatic N) is 7. The minimum Gasteiger partial charge on any atom is -0.357 e. The number of aromatic nitrogens is 5. The highest BCUT2D eigenvalue weighted by atomic mass is 15.3. The van der Waals surface area contributed by atoms with Crippen molar-refractivity contribution in [2.45, 2.75) is 18.9 Å². The van der Waals surface area contributed by atoms with E-state index in [1.807, 2.05) is 31.6 Å². The molecule has 0 aliphatic carbocycles. The highest BCUT2D eigenvalue weighted by molar-refractivity contribution is 5.86. The summed E-state index contributed by atoms with van der Waals surface area (Å²) >= 11 is 0. The van der Waals surface area contributed by atoms with Crippen LogP contribution in [-0.4, -0.2) is 50.9 Å². The van der Waals surface area contributed by atoms with Gasteiger partial charge in [-0.2, -0.15) is 5.10 Å². The van der Waals surface area contributed by atoms with Crippen LogP contribution in [0.25, 0.3) is 11.0 Å². The first kappa shape index (κ1) is 14.9. The molecule has 124 valence electrons. The van der Waals surface area contributed by atoms with E-state index >= 15 is 0 Å². The Hall–Kier alpha value is -2.70. The zero-order valence-electron chi connectivity index (χ0n) is 14.0. The summed E-state index contributed by atoms with van der Waals surface area (Å²) in [7, 11) is 4.04. The van der Waals surface area contributed by atoms with Crippen molar-refractivity contribution in [2.24, 2.45) is 7.05 Å². The van der Waals surface area contributed by atoms with Crippen LogP contribution in [0.2, 0.25) is 0 Å². The molecule has 1 aliphatic heterocycles. The van der Waals surface area contributed by atoms with Gasteiger partial charge < -0.3 is 9.80 Å². The minimum atomic E-state index is 0.502. The molecule has 0 aromatic carbocycles. The van der Waals surface area contributed by atoms with Gasteiger partial charge in [-0.15, -0.1) is 0 Å². The van der Waals surface area contributed by atoms with Crippen LogP contribution in [0.5, 0.6) is 0 Å². The van der Waals surface area contributed by atoms with Gasteiger partial charge in [-0.1, -0.05) is 6.07 Å². The first-order valence-corrected chi connectivity index (χ1v) is 8.25. The Morgan fingerprint density at radius 1 is 1.12 bits per heavy atom. The smallest absolute Gasteiger partial charge is 0.163 e. The largest absolute Gasteiger partial charge is 0.357 e. The van der Waals surface area contributed by atoms with Crippen molar-refractivity contribution in [2.75, 3.05) is 29.9 Å². The summed E-state index contributed by atoms with van der Waals surface area (Å²) < 4.78 is 1.79. The quantitative estimate of drug-likeness (QED) is 0.733. The predicted octanol–water partition coefficient (Wildman–Crippen LogP) is 1.86. The lowest BCUT2D eigenvalue weighted by molar-refractivity contribution is 0.478. The van der Waals surface area contributed by atoms with Crippen LogP contribution in [0, 0.1) is 0 Å². The van der Waals surface area contributed by atoms with Gasteiger partial charge in [-0.05, 0) is 25.0 Å². The Bertz CT molecular complexity index is 821. The Kier molecular flexibility index (Phi) is 3.76. The van der Waals surface area contributed by atoms with E-state index in [0.717, 1.165) is 48.6 Å². The fourth-order valence-corrected chi connectivity index (χ4v) is 3.42. The first-order chi connectivity index (χ1) is 11.7. The summed E-state index contributed by atoms with van der Waals surface area (Å²) in [6.45, 7) is 1.95. The fourth-order valence-electron chi connectivity index (χ4n) is 3.42. The summed E-state index contributed by atoms with van der Waals surface area (Å²) in [6.07, 6.45) is 7.50. The average molecular weight is 323 g/mol. The van der Waals surface area contributed by atoms with Gasteiger partial charge in [0.1, 0.15) is 18.0 Å². The third kappa shape index (κ3) is 2.55. The van der Waals surface area contributed by atoms with Gasteiger partial charge in [-0.3, -0.25) is 4.68 Å². The van der Waals surface area contributed by atoms with Crippen LogP contribution in [0.4, 0.5) is 11.6 Å². The molecule has 24 heavy (non-hydrogen) atoms. The summed E-state index contributed by atoms with van der Waals surface area (Å²) in [5.74, 6) is 2.03. The summed E-state index contributed by atoms with van der Waals surface area (Å²) in [5.41, 5.74) is 0.882. The van der Waals surface area contributed by atoms with E-state index in [9.17, 15) is 0 Å². The normalized spacial score (nSPS) is 15.8. The maximum Gasteiger partial charge on any atom is 0.163 e. The monoisotopic (exact) mass is 323 g/mol. The van der Waals surface area contributed by atoms with E-state index in [1.165, 1.54) is 0 Å². The van der Waals surface area contributed by atoms with E-state index in [0.29, 0.717) is 6.04 Å². The molecule has 7 nitrogen and oxygen atoms in total. The Morgan fingerprint density at radius 2 is 1.96 bits per heavy atom. The molecule has 0 spiro atoms. The van der Waals surface area contributed by atoms with Crippen LogP contribution in [0.1, 0.15) is 12.8 Å². The lowest BCUT2D eigenvalue weighted by atomic mass is 10.0. The van der Waals surface area contributed by atoms with Crippen molar-refractivity contribution >= 4 is 22.7 Å². The Balaban J connectivity index is 1.50. The van der Waals surface area contributed by atoms with Crippen molar-refractivity contribution < 1.29 is 0 Å². The van der Waals surface area contributed by atoms with Crippen molar-refractivity contribution in [3.8, 4) is 0 Å². The van der Waals surface area contributed by atoms with Gasteiger partial charge in [0.15, 0.2) is 5.65 Å². The van der Waals surface area contributed by atoms with Gasteiger partial charge in [0, 0.05) is 39.4 Å². The van der Waals surface area contributed by atoms with E-state index in [2.05, 4.69) is 43.0 Å². The Morgan fingerprint density at radius 3 is 2.71 bits per heavy atom. The summed E-state index contributed by atoms with van der Waals surface area (Å²) in [6, 6.07) is 6.56. The van der Waals surface area contributed by atoms with E-state index in [-0.39, 0.29) is 0 Å². The molecule has 3 aromatic heterocycles. The zero-order chi connectivity index (χ0) is 16.5. The number of piperidine rings is 1. The second-order valence-electron chi connectivity index (χ2n) is 6.22. The van der Waals surface area contributed by atoms with Crippen molar-refractivity contribution in [1.82, 2.24) is 24.7 Å². The molecule has 0 bridgehead atoms. The molecule has 1 saturated heterocycles. The van der Waals surface area contributed by atoms with Crippen LogP contribution < -0.4 is 9.80 Å². The van der Waals surface area contributed by atoms with Crippen molar-refractivity contribution in [1.29, 1.82) is 0 Å². The maximum absolute atomic E-state index is 4.51. The van der Waals surface area contributed by atoms with Crippen LogP contribution in [0.15, 0.2) is 36.9 Å². The van der Waals surface area contributed by atoms with Crippen LogP contribution in [0.3, 0.4) is 0 Å². The summed E-state index contributed by atoms with van der Waals surface area (Å²) in [4.78, 5) is 17.9. The molecule has 0 atom stereocenters. The number of pyridine rings is 1. The van der Waals surface area contributed by atoms with E-state index < -0.39 is 0 Å². The van der Waals surface area contributed by atoms with Crippen LogP contribution >= 0.6 is 0 Å². The molecule has 0 N–H and O–H groups in total. The molecule has 1 aliphatic rings. The fraction of sp³-hybridized carbons (Fsp3) is 0.412. The molecular weight excluding hydrogens is 302 g/mol. The molecule has 0 amide bonds. The molecule has 4 rings (SSSR count). The van der Waals surface area contributed by atoms with Gasteiger partial charge in [0.2, 0.25) is 0 Å². The molecule has 0 unspecified atom stereocenters. The number of fused-ring (bicyclic) bond motifs is 1. The highest BCUT2D eigenvalue weighted by Crippen LogP contribution is 2.27. The lowest BCUT2D eigenvalue weighted by Crippen LogP contribution is -2.44. The third-order valence-electron chi connectivity index (χ3n) is 4.83. The van der Waals surface area contributed by atoms with Crippen molar-refractivity contribution in [3.05, 3.63) is 36.9 Å². The number of aryl methyl sites for hydroxylation is 1. The SMILES string of the molecule is CN(c1ccccn1)C1CCN(c2ncnc3c2cnn3C)CC1. The Labute approximate surface area is 141 Å². The second kappa shape index (κ2) is 6.07. The highest BCUT2D eigenvalue weighted by Gasteiger charge is 2.25. The van der Waals surface area contributed by atoms with Gasteiger partial charge in [0.25, 0.3) is 0 Å². The predicted molar refractivity (Wildman–Crippen MR) is 94.2 cm³/mol. The van der Waals surface area contributed by atoms with Gasteiger partial charge in [0.05, 0.1) is 11.6 Å². The number of hydrogen-bond donors (Lipinski definition) is 0. The molecule has 1 fully saturated rings. The van der Waals surface area contributed by atoms with Crippen LogP contribution in [-0.2, 0) is 7.05 Å². The average Bonchev–Trinajstić information content (AvgIpc) is 3.03. The number of anilines is 2. The topological polar surface area (TPSA) is 63.0 Å². The lowest BCUT2D eigenvalue weighted by Gasteiger charge is -2.37. The molecule has 0 radical (unpaired) electrons. The van der Waals surface area contributed by atoms with Gasteiger partial charge >= 0.3 is 0 Å². The van der Waals surface area contributed by atoms with Gasteiger partial charge in [-0.25, -0.2) is 15.0 Å². The molecular formula is C17H21N7. The number of rotatable bonds is 3. The van der Waals surface area contributed by atoms with Crippen molar-refractivity contribution in [3.63, 3.8) is 0 Å². The standard InChI is InChI=1S/C17H21N7/c1-22(15-5-3-4-8-18-15)13-6-9-24(10-7-13)17-14-11-21-23(2)16(14)19-12-20-17/h3-5,8,11-13H,6-7,9-10H2,1-2H3. The zero-order valence-corrected chi connectivity index (χ0v) is 14.0. The first-order valence-electron chi connectivity index (χ1n) is 8.25. The molecule has 0 saturated carbocycles. The maximum atomic E-state index is 4.51. The molecule has 7 heteroatoms. The van der Waals surface area contributed by atoms with E-state index in [4.69, 9.17) is 0 Å².